The normalized spacial score (nSPS) is 16.1. The molecule has 0 aromatic heterocycles. The molecule has 0 atom stereocenters. The molecule has 2 aliphatic rings. The zero-order valence-corrected chi connectivity index (χ0v) is 21.0. The first kappa shape index (κ1) is 24.8. The molecule has 1 N–H and O–H groups in total. The van der Waals surface area contributed by atoms with E-state index in [2.05, 4.69) is 57.6 Å². The average molecular weight is 500 g/mol. The van der Waals surface area contributed by atoms with Gasteiger partial charge in [-0.05, 0) is 48.2 Å². The second-order valence-corrected chi connectivity index (χ2v) is 9.71. The zero-order valence-electron chi connectivity index (χ0n) is 21.0. The number of nitrogens with one attached hydrogen (secondary N) is 1. The fourth-order valence-corrected chi connectivity index (χ4v) is 5.19. The van der Waals surface area contributed by atoms with Crippen LogP contribution in [-0.4, -0.2) is 59.9 Å². The van der Waals surface area contributed by atoms with Crippen LogP contribution in [0.5, 0.6) is 0 Å². The molecule has 3 aromatic rings. The molecule has 0 unspecified atom stereocenters. The van der Waals surface area contributed by atoms with Gasteiger partial charge < -0.3 is 15.1 Å². The summed E-state index contributed by atoms with van der Waals surface area (Å²) < 4.78 is 0. The number of nitrogens with zero attached hydrogens (tertiary/aromatic N) is 4. The minimum atomic E-state index is -0.472. The predicted molar refractivity (Wildman–Crippen MR) is 146 cm³/mol. The van der Waals surface area contributed by atoms with Crippen LogP contribution in [0.25, 0.3) is 0 Å². The van der Waals surface area contributed by atoms with Crippen molar-refractivity contribution >= 4 is 23.0 Å². The number of amides is 1. The second kappa shape index (κ2) is 11.4. The van der Waals surface area contributed by atoms with E-state index < -0.39 is 4.92 Å². The minimum absolute atomic E-state index is 0.141. The van der Waals surface area contributed by atoms with E-state index in [-0.39, 0.29) is 17.2 Å². The lowest BCUT2D eigenvalue weighted by Crippen LogP contribution is -2.46. The van der Waals surface area contributed by atoms with Gasteiger partial charge in [-0.15, -0.1) is 0 Å². The lowest BCUT2D eigenvalue weighted by molar-refractivity contribution is -0.385. The summed E-state index contributed by atoms with van der Waals surface area (Å²) in [6.45, 7) is 6.76. The molecule has 0 radical (unpaired) electrons. The lowest BCUT2D eigenvalue weighted by Gasteiger charge is -2.36. The summed E-state index contributed by atoms with van der Waals surface area (Å²) in [5, 5.41) is 15.0. The number of nitro groups is 1. The molecule has 1 amide bonds. The van der Waals surface area contributed by atoms with Gasteiger partial charge in [0.2, 0.25) is 0 Å². The van der Waals surface area contributed by atoms with Gasteiger partial charge >= 0.3 is 0 Å². The number of likely N-dealkylation sites (tertiary alicyclic amines) is 1. The van der Waals surface area contributed by atoms with Gasteiger partial charge in [-0.1, -0.05) is 42.5 Å². The third kappa shape index (κ3) is 5.91. The van der Waals surface area contributed by atoms with Crippen LogP contribution in [-0.2, 0) is 13.1 Å². The number of hydrogen-bond donors (Lipinski definition) is 1. The number of anilines is 2. The molecule has 2 aliphatic heterocycles. The van der Waals surface area contributed by atoms with E-state index in [1.54, 1.807) is 17.0 Å². The third-order valence-electron chi connectivity index (χ3n) is 7.31. The molecule has 0 saturated carbocycles. The Hall–Kier alpha value is -3.91. The van der Waals surface area contributed by atoms with Gasteiger partial charge in [0.05, 0.1) is 4.92 Å². The van der Waals surface area contributed by atoms with E-state index in [0.29, 0.717) is 25.3 Å². The molecule has 2 fully saturated rings. The van der Waals surface area contributed by atoms with Crippen LogP contribution in [0.4, 0.5) is 17.1 Å². The first-order chi connectivity index (χ1) is 18.1. The Kier molecular flexibility index (Phi) is 7.65. The van der Waals surface area contributed by atoms with Gasteiger partial charge in [0.25, 0.3) is 11.6 Å². The van der Waals surface area contributed by atoms with Crippen molar-refractivity contribution in [2.24, 2.45) is 0 Å². The molecular weight excluding hydrogens is 466 g/mol. The van der Waals surface area contributed by atoms with Gasteiger partial charge in [0.15, 0.2) is 0 Å². The largest absolute Gasteiger partial charge is 0.381 e. The predicted octanol–water partition coefficient (Wildman–Crippen LogP) is 4.77. The molecule has 8 heteroatoms. The van der Waals surface area contributed by atoms with Crippen molar-refractivity contribution in [1.29, 1.82) is 0 Å². The van der Waals surface area contributed by atoms with Crippen LogP contribution in [0.3, 0.4) is 0 Å². The molecule has 2 saturated heterocycles. The average Bonchev–Trinajstić information content (AvgIpc) is 3.48. The van der Waals surface area contributed by atoms with Gasteiger partial charge in [-0.2, -0.15) is 0 Å². The van der Waals surface area contributed by atoms with Crippen LogP contribution in [0.15, 0.2) is 72.8 Å². The Bertz CT molecular complexity index is 1240. The Morgan fingerprint density at radius 3 is 2.22 bits per heavy atom. The Morgan fingerprint density at radius 2 is 1.51 bits per heavy atom. The highest BCUT2D eigenvalue weighted by molar-refractivity contribution is 5.99. The number of nitro benzene ring substituents is 1. The zero-order chi connectivity index (χ0) is 25.6. The van der Waals surface area contributed by atoms with Crippen molar-refractivity contribution in [3.63, 3.8) is 0 Å². The smallest absolute Gasteiger partial charge is 0.282 e. The van der Waals surface area contributed by atoms with Crippen LogP contribution in [0.2, 0.25) is 0 Å². The van der Waals surface area contributed by atoms with E-state index in [1.165, 1.54) is 22.9 Å². The number of carbonyl (C=O) groups excluding carboxylic acids is 1. The van der Waals surface area contributed by atoms with Crippen molar-refractivity contribution in [3.05, 3.63) is 99.6 Å². The van der Waals surface area contributed by atoms with Crippen LogP contribution >= 0.6 is 0 Å². The molecule has 5 rings (SSSR count). The maximum atomic E-state index is 13.0. The molecular formula is C29H33N5O3. The van der Waals surface area contributed by atoms with Crippen LogP contribution in [0.1, 0.15) is 34.3 Å². The highest BCUT2D eigenvalue weighted by Gasteiger charge is 2.27. The monoisotopic (exact) mass is 499 g/mol. The minimum Gasteiger partial charge on any atom is -0.381 e. The fraction of sp³-hybridized carbons (Fsp3) is 0.345. The van der Waals surface area contributed by atoms with Crippen molar-refractivity contribution in [3.8, 4) is 0 Å². The molecule has 3 aromatic carbocycles. The SMILES string of the molecule is O=C(c1cc(NCc2ccccc2CN2CCN(c3ccccc3)CC2)ccc1[N+](=O)[O-])N1CCCC1. The molecule has 2 heterocycles. The highest BCUT2D eigenvalue weighted by Crippen LogP contribution is 2.26. The second-order valence-electron chi connectivity index (χ2n) is 9.71. The van der Waals surface area contributed by atoms with Gasteiger partial charge in [0.1, 0.15) is 5.56 Å². The Balaban J connectivity index is 1.24. The fourth-order valence-electron chi connectivity index (χ4n) is 5.19. The first-order valence-corrected chi connectivity index (χ1v) is 13.0. The number of para-hydroxylation sites is 1. The van der Waals surface area contributed by atoms with Crippen molar-refractivity contribution < 1.29 is 9.72 Å². The van der Waals surface area contributed by atoms with Crippen molar-refractivity contribution in [2.45, 2.75) is 25.9 Å². The topological polar surface area (TPSA) is 82.0 Å². The number of rotatable bonds is 8. The van der Waals surface area contributed by atoms with Crippen molar-refractivity contribution in [1.82, 2.24) is 9.80 Å². The van der Waals surface area contributed by atoms with Crippen LogP contribution in [0, 0.1) is 10.1 Å². The van der Waals surface area contributed by atoms with E-state index in [0.717, 1.165) is 45.6 Å². The number of benzene rings is 3. The van der Waals surface area contributed by atoms with E-state index in [1.807, 2.05) is 12.1 Å². The summed E-state index contributed by atoms with van der Waals surface area (Å²) in [6, 6.07) is 23.7. The summed E-state index contributed by atoms with van der Waals surface area (Å²) in [6.07, 6.45) is 1.88. The highest BCUT2D eigenvalue weighted by atomic mass is 16.6. The summed E-state index contributed by atoms with van der Waals surface area (Å²) in [7, 11) is 0. The van der Waals surface area contributed by atoms with Gasteiger partial charge in [-0.3, -0.25) is 19.8 Å². The van der Waals surface area contributed by atoms with Crippen LogP contribution < -0.4 is 10.2 Å². The maximum Gasteiger partial charge on any atom is 0.282 e. The first-order valence-electron chi connectivity index (χ1n) is 13.0. The van der Waals surface area contributed by atoms with E-state index in [9.17, 15) is 14.9 Å². The number of carbonyl (C=O) groups is 1. The van der Waals surface area contributed by atoms with E-state index in [4.69, 9.17) is 0 Å². The number of piperazine rings is 1. The van der Waals surface area contributed by atoms with Gasteiger partial charge in [-0.25, -0.2) is 0 Å². The van der Waals surface area contributed by atoms with Gasteiger partial charge in [0, 0.05) is 69.8 Å². The molecule has 8 nitrogen and oxygen atoms in total. The molecule has 0 spiro atoms. The lowest BCUT2D eigenvalue weighted by atomic mass is 10.1. The third-order valence-corrected chi connectivity index (χ3v) is 7.31. The summed E-state index contributed by atoms with van der Waals surface area (Å²) in [4.78, 5) is 30.7. The maximum absolute atomic E-state index is 13.0. The summed E-state index contributed by atoms with van der Waals surface area (Å²) >= 11 is 0. The molecule has 37 heavy (non-hydrogen) atoms. The van der Waals surface area contributed by atoms with Crippen molar-refractivity contribution in [2.75, 3.05) is 49.5 Å². The van der Waals surface area contributed by atoms with E-state index >= 15 is 0 Å². The quantitative estimate of drug-likeness (QED) is 0.355. The molecule has 0 bridgehead atoms. The number of hydrogen-bond acceptors (Lipinski definition) is 6. The molecule has 192 valence electrons. The summed E-state index contributed by atoms with van der Waals surface area (Å²) in [5.74, 6) is -0.261. The Morgan fingerprint density at radius 1 is 0.838 bits per heavy atom. The summed E-state index contributed by atoms with van der Waals surface area (Å²) in [5.41, 5.74) is 4.44. The Labute approximate surface area is 217 Å². The standard InChI is InChI=1S/C29H33N5O3/c35-29(33-14-6-7-15-33)27-20-25(12-13-28(27)34(36)37)30-21-23-8-4-5-9-24(23)22-31-16-18-32(19-17-31)26-10-2-1-3-11-26/h1-5,8-13,20,30H,6-7,14-19,21-22H2. The molecule has 0 aliphatic carbocycles.